The molecule has 0 spiro atoms. The predicted molar refractivity (Wildman–Crippen MR) is 82.6 cm³/mol. The third-order valence-electron chi connectivity index (χ3n) is 3.63. The molecule has 0 amide bonds. The van der Waals surface area contributed by atoms with Gasteiger partial charge in [0.15, 0.2) is 11.5 Å². The number of hydrogen-bond acceptors (Lipinski definition) is 3. The zero-order valence-corrected chi connectivity index (χ0v) is 13.1. The van der Waals surface area contributed by atoms with Gasteiger partial charge in [0.25, 0.3) is 0 Å². The quantitative estimate of drug-likeness (QED) is 0.716. The highest BCUT2D eigenvalue weighted by atomic mass is 35.5. The van der Waals surface area contributed by atoms with Crippen LogP contribution in [0.3, 0.4) is 0 Å². The van der Waals surface area contributed by atoms with Crippen molar-refractivity contribution in [2.75, 3.05) is 6.79 Å². The molecule has 1 aromatic rings. The van der Waals surface area contributed by atoms with E-state index in [-0.39, 0.29) is 6.79 Å². The van der Waals surface area contributed by atoms with E-state index in [1.807, 2.05) is 12.1 Å². The molecule has 4 heteroatoms. The summed E-state index contributed by atoms with van der Waals surface area (Å²) in [6, 6.07) is 4.48. The lowest BCUT2D eigenvalue weighted by atomic mass is 10.1. The summed E-state index contributed by atoms with van der Waals surface area (Å²) in [5.41, 5.74) is 1.14. The summed E-state index contributed by atoms with van der Waals surface area (Å²) in [4.78, 5) is 0. The Kier molecular flexibility index (Phi) is 5.99. The van der Waals surface area contributed by atoms with Crippen molar-refractivity contribution in [3.8, 4) is 11.5 Å². The molecule has 3 nitrogen and oxygen atoms in total. The number of rotatable bonds is 8. The number of unbranched alkanes of at least 4 members (excludes halogenated alkanes) is 3. The Hall–Kier alpha value is -0.930. The largest absolute Gasteiger partial charge is 0.454 e. The van der Waals surface area contributed by atoms with Crippen molar-refractivity contribution in [3.63, 3.8) is 0 Å². The van der Waals surface area contributed by atoms with Gasteiger partial charge in [-0.2, -0.15) is 0 Å². The van der Waals surface area contributed by atoms with Crippen molar-refractivity contribution in [2.24, 2.45) is 0 Å². The van der Waals surface area contributed by atoms with Crippen molar-refractivity contribution in [2.45, 2.75) is 58.5 Å². The fourth-order valence-corrected chi connectivity index (χ4v) is 2.68. The van der Waals surface area contributed by atoms with E-state index >= 15 is 0 Å². The highest BCUT2D eigenvalue weighted by Gasteiger charge is 2.18. The lowest BCUT2D eigenvalue weighted by molar-refractivity contribution is 0.174. The second-order valence-corrected chi connectivity index (χ2v) is 5.85. The van der Waals surface area contributed by atoms with E-state index in [1.165, 1.54) is 32.1 Å². The fraction of sp³-hybridized carbons (Fsp3) is 0.625. The first-order valence-electron chi connectivity index (χ1n) is 7.52. The average Bonchev–Trinajstić information content (AvgIpc) is 2.90. The molecule has 1 atom stereocenters. The molecule has 0 bridgehead atoms. The van der Waals surface area contributed by atoms with Crippen LogP contribution in [0, 0.1) is 0 Å². The number of ether oxygens (including phenoxy) is 2. The first kappa shape index (κ1) is 15.5. The summed E-state index contributed by atoms with van der Waals surface area (Å²) in [6.45, 7) is 5.55. The van der Waals surface area contributed by atoms with Gasteiger partial charge in [0, 0.05) is 12.6 Å². The van der Waals surface area contributed by atoms with Crippen LogP contribution in [0.2, 0.25) is 5.02 Å². The van der Waals surface area contributed by atoms with Crippen LogP contribution in [0.15, 0.2) is 12.1 Å². The molecule has 1 unspecified atom stereocenters. The van der Waals surface area contributed by atoms with Gasteiger partial charge >= 0.3 is 0 Å². The van der Waals surface area contributed by atoms with Gasteiger partial charge in [-0.3, -0.25) is 0 Å². The topological polar surface area (TPSA) is 30.5 Å². The minimum absolute atomic E-state index is 0.264. The van der Waals surface area contributed by atoms with E-state index in [1.54, 1.807) is 0 Å². The smallest absolute Gasteiger partial charge is 0.231 e. The van der Waals surface area contributed by atoms with Crippen LogP contribution in [-0.2, 0) is 6.54 Å². The van der Waals surface area contributed by atoms with Gasteiger partial charge in [-0.15, -0.1) is 0 Å². The number of halogens is 1. The third-order valence-corrected chi connectivity index (χ3v) is 3.91. The third kappa shape index (κ3) is 4.29. The van der Waals surface area contributed by atoms with Crippen LogP contribution < -0.4 is 14.8 Å². The van der Waals surface area contributed by atoms with Gasteiger partial charge in [-0.05, 0) is 31.0 Å². The lowest BCUT2D eigenvalue weighted by Crippen LogP contribution is -2.25. The van der Waals surface area contributed by atoms with E-state index < -0.39 is 0 Å². The minimum Gasteiger partial charge on any atom is -0.454 e. The zero-order valence-electron chi connectivity index (χ0n) is 12.4. The summed E-state index contributed by atoms with van der Waals surface area (Å²) in [5.74, 6) is 1.42. The van der Waals surface area contributed by atoms with E-state index in [9.17, 15) is 0 Å². The van der Waals surface area contributed by atoms with Gasteiger partial charge in [0.2, 0.25) is 6.79 Å². The number of hydrogen-bond donors (Lipinski definition) is 1. The average molecular weight is 298 g/mol. The second kappa shape index (κ2) is 7.75. The Morgan fingerprint density at radius 1 is 1.25 bits per heavy atom. The molecule has 1 aliphatic rings. The van der Waals surface area contributed by atoms with Gasteiger partial charge in [-0.25, -0.2) is 0 Å². The molecule has 1 N–H and O–H groups in total. The van der Waals surface area contributed by atoms with E-state index in [2.05, 4.69) is 19.2 Å². The van der Waals surface area contributed by atoms with Crippen molar-refractivity contribution < 1.29 is 9.47 Å². The molecule has 0 saturated carbocycles. The zero-order chi connectivity index (χ0) is 14.4. The Balaban J connectivity index is 1.78. The summed E-state index contributed by atoms with van der Waals surface area (Å²) < 4.78 is 10.7. The molecule has 1 aromatic carbocycles. The van der Waals surface area contributed by atoms with E-state index in [0.29, 0.717) is 16.8 Å². The lowest BCUT2D eigenvalue weighted by Gasteiger charge is -2.14. The van der Waals surface area contributed by atoms with Gasteiger partial charge < -0.3 is 14.8 Å². The molecule has 0 radical (unpaired) electrons. The van der Waals surface area contributed by atoms with Crippen molar-refractivity contribution >= 4 is 11.6 Å². The summed E-state index contributed by atoms with van der Waals surface area (Å²) >= 11 is 6.18. The maximum Gasteiger partial charge on any atom is 0.231 e. The Bertz CT molecular complexity index is 437. The maximum atomic E-state index is 6.18. The molecule has 20 heavy (non-hydrogen) atoms. The number of benzene rings is 1. The first-order chi connectivity index (χ1) is 9.70. The summed E-state index contributed by atoms with van der Waals surface area (Å²) in [7, 11) is 0. The molecule has 1 heterocycles. The normalized spacial score (nSPS) is 14.6. The molecule has 2 rings (SSSR count). The van der Waals surface area contributed by atoms with Crippen molar-refractivity contribution in [1.82, 2.24) is 5.32 Å². The number of nitrogens with one attached hydrogen (secondary N) is 1. The van der Waals surface area contributed by atoms with Crippen LogP contribution in [0.5, 0.6) is 11.5 Å². The van der Waals surface area contributed by atoms with E-state index in [0.717, 1.165) is 17.9 Å². The second-order valence-electron chi connectivity index (χ2n) is 5.44. The standard InChI is InChI=1S/C16H24ClNO2/c1-3-4-5-6-7-12(2)18-10-13-8-14(17)16-15(9-13)19-11-20-16/h8-9,12,18H,3-7,10-11H2,1-2H3. The summed E-state index contributed by atoms with van der Waals surface area (Å²) in [5, 5.41) is 4.17. The van der Waals surface area contributed by atoms with Crippen LogP contribution in [0.4, 0.5) is 0 Å². The molecular formula is C16H24ClNO2. The highest BCUT2D eigenvalue weighted by Crippen LogP contribution is 2.39. The molecule has 1 aliphatic heterocycles. The van der Waals surface area contributed by atoms with Crippen LogP contribution in [-0.4, -0.2) is 12.8 Å². The molecule has 0 aromatic heterocycles. The van der Waals surface area contributed by atoms with Crippen LogP contribution in [0.1, 0.15) is 51.5 Å². The van der Waals surface area contributed by atoms with Crippen molar-refractivity contribution in [3.05, 3.63) is 22.7 Å². The minimum atomic E-state index is 0.264. The van der Waals surface area contributed by atoms with Crippen molar-refractivity contribution in [1.29, 1.82) is 0 Å². The SMILES string of the molecule is CCCCCCC(C)NCc1cc(Cl)c2c(c1)OCO2. The van der Waals surface area contributed by atoms with Gasteiger partial charge in [-0.1, -0.05) is 44.2 Å². The predicted octanol–water partition coefficient (Wildman–Crippen LogP) is 4.52. The molecule has 0 aliphatic carbocycles. The monoisotopic (exact) mass is 297 g/mol. The fourth-order valence-electron chi connectivity index (χ4n) is 2.39. The Morgan fingerprint density at radius 3 is 2.90 bits per heavy atom. The van der Waals surface area contributed by atoms with E-state index in [4.69, 9.17) is 21.1 Å². The van der Waals surface area contributed by atoms with Gasteiger partial charge in [0.1, 0.15) is 0 Å². The molecular weight excluding hydrogens is 274 g/mol. The maximum absolute atomic E-state index is 6.18. The van der Waals surface area contributed by atoms with Crippen LogP contribution >= 0.6 is 11.6 Å². The molecule has 0 saturated heterocycles. The molecule has 112 valence electrons. The first-order valence-corrected chi connectivity index (χ1v) is 7.90. The summed E-state index contributed by atoms with van der Waals surface area (Å²) in [6.07, 6.45) is 6.47. The van der Waals surface area contributed by atoms with Crippen LogP contribution in [0.25, 0.3) is 0 Å². The highest BCUT2D eigenvalue weighted by molar-refractivity contribution is 6.32. The number of fused-ring (bicyclic) bond motifs is 1. The Morgan fingerprint density at radius 2 is 2.10 bits per heavy atom. The molecule has 0 fully saturated rings. The van der Waals surface area contributed by atoms with Gasteiger partial charge in [0.05, 0.1) is 5.02 Å². The Labute approximate surface area is 126 Å².